The molecule has 0 aromatic heterocycles. The van der Waals surface area contributed by atoms with Crippen LogP contribution in [0.1, 0.15) is 33.1 Å². The lowest BCUT2D eigenvalue weighted by atomic mass is 9.90. The second-order valence-electron chi connectivity index (χ2n) is 4.64. The highest BCUT2D eigenvalue weighted by molar-refractivity contribution is 5.91. The number of nitrogens with zero attached hydrogens (tertiary/aromatic N) is 1. The van der Waals surface area contributed by atoms with E-state index < -0.39 is 11.4 Å². The molecule has 2 amide bonds. The van der Waals surface area contributed by atoms with Crippen LogP contribution in [0.2, 0.25) is 0 Å². The Morgan fingerprint density at radius 1 is 1.56 bits per heavy atom. The lowest BCUT2D eigenvalue weighted by molar-refractivity contribution is -0.145. The zero-order valence-corrected chi connectivity index (χ0v) is 10.0. The molecule has 0 spiro atoms. The molecule has 1 heterocycles. The maximum absolute atomic E-state index is 12.0. The van der Waals surface area contributed by atoms with Crippen molar-refractivity contribution >= 4 is 11.8 Å². The summed E-state index contributed by atoms with van der Waals surface area (Å²) in [5, 5.41) is 0. The lowest BCUT2D eigenvalue weighted by Gasteiger charge is -2.36. The Hall–Kier alpha value is -1.32. The largest absolute Gasteiger partial charge is 0.368 e. The van der Waals surface area contributed by atoms with Crippen molar-refractivity contribution in [3.05, 3.63) is 12.7 Å². The monoisotopic (exact) mass is 224 g/mol. The van der Waals surface area contributed by atoms with Crippen LogP contribution in [0, 0.1) is 5.92 Å². The molecule has 1 aliphatic rings. The van der Waals surface area contributed by atoms with Gasteiger partial charge in [0, 0.05) is 12.5 Å². The number of carbonyl (C=O) groups excluding carboxylic acids is 2. The highest BCUT2D eigenvalue weighted by Gasteiger charge is 2.47. The van der Waals surface area contributed by atoms with Crippen molar-refractivity contribution in [2.45, 2.75) is 38.6 Å². The molecule has 1 rings (SSSR count). The van der Waals surface area contributed by atoms with Crippen LogP contribution < -0.4 is 5.73 Å². The lowest BCUT2D eigenvalue weighted by Crippen LogP contribution is -2.56. The van der Waals surface area contributed by atoms with Gasteiger partial charge < -0.3 is 10.6 Å². The van der Waals surface area contributed by atoms with Crippen LogP contribution in [0.4, 0.5) is 0 Å². The van der Waals surface area contributed by atoms with E-state index >= 15 is 0 Å². The fourth-order valence-electron chi connectivity index (χ4n) is 2.32. The van der Waals surface area contributed by atoms with Gasteiger partial charge in [-0.3, -0.25) is 9.59 Å². The fourth-order valence-corrected chi connectivity index (χ4v) is 2.32. The number of primary amides is 1. The second-order valence-corrected chi connectivity index (χ2v) is 4.64. The first-order valence-corrected chi connectivity index (χ1v) is 5.68. The van der Waals surface area contributed by atoms with E-state index in [1.54, 1.807) is 11.0 Å². The zero-order chi connectivity index (χ0) is 12.3. The van der Waals surface area contributed by atoms with E-state index in [0.717, 1.165) is 6.42 Å². The maximum Gasteiger partial charge on any atom is 0.243 e. The first-order valence-electron chi connectivity index (χ1n) is 5.68. The van der Waals surface area contributed by atoms with Gasteiger partial charge in [0.15, 0.2) is 0 Å². The number of likely N-dealkylation sites (tertiary alicyclic amines) is 1. The highest BCUT2D eigenvalue weighted by atomic mass is 16.2. The third-order valence-electron chi connectivity index (χ3n) is 3.19. The van der Waals surface area contributed by atoms with Crippen LogP contribution in [-0.2, 0) is 9.59 Å². The molecule has 4 nitrogen and oxygen atoms in total. The van der Waals surface area contributed by atoms with Crippen LogP contribution in [0.15, 0.2) is 12.7 Å². The summed E-state index contributed by atoms with van der Waals surface area (Å²) >= 11 is 0. The number of rotatable bonds is 4. The van der Waals surface area contributed by atoms with Crippen LogP contribution >= 0.6 is 0 Å². The second kappa shape index (κ2) is 4.68. The number of nitrogens with two attached hydrogens (primary N) is 1. The number of hydrogen-bond acceptors (Lipinski definition) is 2. The van der Waals surface area contributed by atoms with Gasteiger partial charge in [-0.2, -0.15) is 0 Å². The molecule has 0 aromatic carbocycles. The molecule has 0 aromatic rings. The number of hydrogen-bond donors (Lipinski definition) is 1. The molecular weight excluding hydrogens is 204 g/mol. The van der Waals surface area contributed by atoms with Crippen LogP contribution in [0.25, 0.3) is 0 Å². The molecule has 0 aliphatic carbocycles. The Bertz CT molecular complexity index is 312. The molecule has 0 unspecified atom stereocenters. The molecule has 0 saturated carbocycles. The predicted molar refractivity (Wildman–Crippen MR) is 62.5 cm³/mol. The Morgan fingerprint density at radius 2 is 2.19 bits per heavy atom. The first kappa shape index (κ1) is 12.7. The third-order valence-corrected chi connectivity index (χ3v) is 3.19. The van der Waals surface area contributed by atoms with E-state index in [1.807, 2.05) is 13.8 Å². The predicted octanol–water partition coefficient (Wildman–Crippen LogP) is 1.06. The molecule has 1 fully saturated rings. The van der Waals surface area contributed by atoms with Gasteiger partial charge in [0.2, 0.25) is 11.8 Å². The van der Waals surface area contributed by atoms with Gasteiger partial charge in [-0.25, -0.2) is 0 Å². The van der Waals surface area contributed by atoms with E-state index in [1.165, 1.54) is 0 Å². The molecule has 1 aliphatic heterocycles. The van der Waals surface area contributed by atoms with Crippen molar-refractivity contribution < 1.29 is 9.59 Å². The smallest absolute Gasteiger partial charge is 0.243 e. The van der Waals surface area contributed by atoms with Gasteiger partial charge in [0.1, 0.15) is 5.54 Å². The van der Waals surface area contributed by atoms with Crippen LogP contribution in [0.3, 0.4) is 0 Å². The quantitative estimate of drug-likeness (QED) is 0.726. The zero-order valence-electron chi connectivity index (χ0n) is 10.0. The minimum Gasteiger partial charge on any atom is -0.368 e. The summed E-state index contributed by atoms with van der Waals surface area (Å²) in [5.74, 6) is -0.529. The van der Waals surface area contributed by atoms with Gasteiger partial charge in [-0.15, -0.1) is 6.58 Å². The maximum atomic E-state index is 12.0. The summed E-state index contributed by atoms with van der Waals surface area (Å²) in [6, 6.07) is 0. The van der Waals surface area contributed by atoms with Gasteiger partial charge in [-0.05, 0) is 19.3 Å². The van der Waals surface area contributed by atoms with Gasteiger partial charge in [0.05, 0.1) is 0 Å². The first-order chi connectivity index (χ1) is 7.45. The van der Waals surface area contributed by atoms with Gasteiger partial charge in [0.25, 0.3) is 0 Å². The average molecular weight is 224 g/mol. The Balaban J connectivity index is 3.02. The van der Waals surface area contributed by atoms with E-state index in [9.17, 15) is 9.59 Å². The molecule has 1 atom stereocenters. The topological polar surface area (TPSA) is 63.4 Å². The molecular formula is C12H20N2O2. The highest BCUT2D eigenvalue weighted by Crippen LogP contribution is 2.33. The van der Waals surface area contributed by atoms with Gasteiger partial charge in [-0.1, -0.05) is 19.9 Å². The molecule has 4 heteroatoms. The molecule has 0 radical (unpaired) electrons. The molecule has 90 valence electrons. The minimum absolute atomic E-state index is 0.00171. The fraction of sp³-hybridized carbons (Fsp3) is 0.667. The summed E-state index contributed by atoms with van der Waals surface area (Å²) in [5.41, 5.74) is 4.64. The summed E-state index contributed by atoms with van der Waals surface area (Å²) in [4.78, 5) is 25.3. The van der Waals surface area contributed by atoms with Crippen molar-refractivity contribution in [1.29, 1.82) is 0 Å². The van der Waals surface area contributed by atoms with Crippen molar-refractivity contribution in [2.75, 3.05) is 6.54 Å². The van der Waals surface area contributed by atoms with E-state index in [4.69, 9.17) is 5.73 Å². The summed E-state index contributed by atoms with van der Waals surface area (Å²) in [6.45, 7) is 7.93. The number of amides is 2. The summed E-state index contributed by atoms with van der Waals surface area (Å²) in [7, 11) is 0. The van der Waals surface area contributed by atoms with E-state index in [2.05, 4.69) is 6.58 Å². The van der Waals surface area contributed by atoms with E-state index in [-0.39, 0.29) is 11.8 Å². The van der Waals surface area contributed by atoms with Crippen molar-refractivity contribution in [2.24, 2.45) is 11.7 Å². The normalized spacial score (nSPS) is 24.8. The van der Waals surface area contributed by atoms with E-state index in [0.29, 0.717) is 19.4 Å². The Morgan fingerprint density at radius 3 is 2.62 bits per heavy atom. The Labute approximate surface area is 96.5 Å². The summed E-state index contributed by atoms with van der Waals surface area (Å²) < 4.78 is 0. The van der Waals surface area contributed by atoms with Crippen LogP contribution in [0.5, 0.6) is 0 Å². The Kier molecular flexibility index (Phi) is 3.73. The molecule has 1 saturated heterocycles. The van der Waals surface area contributed by atoms with Crippen molar-refractivity contribution in [1.82, 2.24) is 4.90 Å². The van der Waals surface area contributed by atoms with Crippen LogP contribution in [-0.4, -0.2) is 28.8 Å². The van der Waals surface area contributed by atoms with Gasteiger partial charge >= 0.3 is 0 Å². The summed E-state index contributed by atoms with van der Waals surface area (Å²) in [6.07, 6.45) is 3.58. The third kappa shape index (κ3) is 1.96. The SMILES string of the molecule is C=CC[C@@]1(C(N)=O)CCCN1C(=O)C(C)C. The molecule has 16 heavy (non-hydrogen) atoms. The molecule has 2 N–H and O–H groups in total. The minimum atomic E-state index is -0.830. The molecule has 0 bridgehead atoms. The average Bonchev–Trinajstić information content (AvgIpc) is 2.62. The number of carbonyl (C=O) groups is 2. The van der Waals surface area contributed by atoms with Crippen molar-refractivity contribution in [3.8, 4) is 0 Å². The van der Waals surface area contributed by atoms with Crippen molar-refractivity contribution in [3.63, 3.8) is 0 Å². The standard InChI is InChI=1S/C12H20N2O2/c1-4-6-12(11(13)16)7-5-8-14(12)10(15)9(2)3/h4,9H,1,5-8H2,2-3H3,(H2,13,16)/t12-/m0/s1.